The van der Waals surface area contributed by atoms with E-state index in [2.05, 4.69) is 0 Å². The fourth-order valence-corrected chi connectivity index (χ4v) is 2.52. The van der Waals surface area contributed by atoms with Crippen molar-refractivity contribution in [2.24, 2.45) is 0 Å². The van der Waals surface area contributed by atoms with Crippen LogP contribution in [-0.2, 0) is 0 Å². The largest absolute Gasteiger partial charge is 0.272 e. The highest BCUT2D eigenvalue weighted by Gasteiger charge is 2.13. The zero-order valence-corrected chi connectivity index (χ0v) is 8.92. The molecule has 0 radical (unpaired) electrons. The Kier molecular flexibility index (Phi) is 2.45. The SMILES string of the molecule is Cc1ccc2sc(C(F)F)cc2c1Cl. The average Bonchev–Trinajstić information content (AvgIpc) is 2.56. The molecule has 0 unspecified atom stereocenters. The third-order valence-electron chi connectivity index (χ3n) is 2.06. The van der Waals surface area contributed by atoms with Crippen molar-refractivity contribution < 1.29 is 8.78 Å². The molecule has 14 heavy (non-hydrogen) atoms. The predicted molar refractivity (Wildman–Crippen MR) is 56.5 cm³/mol. The van der Waals surface area contributed by atoms with Crippen molar-refractivity contribution in [2.45, 2.75) is 13.3 Å². The van der Waals surface area contributed by atoms with E-state index < -0.39 is 6.43 Å². The van der Waals surface area contributed by atoms with Gasteiger partial charge in [-0.1, -0.05) is 17.7 Å². The first-order valence-electron chi connectivity index (χ1n) is 4.06. The Bertz CT molecular complexity index is 476. The minimum absolute atomic E-state index is 0.0764. The first kappa shape index (κ1) is 9.87. The van der Waals surface area contributed by atoms with Crippen LogP contribution in [0.15, 0.2) is 18.2 Å². The molecular formula is C10H7ClF2S. The van der Waals surface area contributed by atoms with E-state index in [-0.39, 0.29) is 4.88 Å². The standard InChI is InChI=1S/C10H7ClF2S/c1-5-2-3-7-6(9(5)11)4-8(14-7)10(12)13/h2-4,10H,1H3. The van der Waals surface area contributed by atoms with Gasteiger partial charge in [0.25, 0.3) is 6.43 Å². The highest BCUT2D eigenvalue weighted by molar-refractivity contribution is 7.19. The second-order valence-electron chi connectivity index (χ2n) is 3.06. The zero-order chi connectivity index (χ0) is 10.3. The van der Waals surface area contributed by atoms with Gasteiger partial charge in [0.2, 0.25) is 0 Å². The van der Waals surface area contributed by atoms with Crippen LogP contribution in [0, 0.1) is 6.92 Å². The lowest BCUT2D eigenvalue weighted by atomic mass is 10.2. The molecule has 0 atom stereocenters. The van der Waals surface area contributed by atoms with E-state index in [4.69, 9.17) is 11.6 Å². The summed E-state index contributed by atoms with van der Waals surface area (Å²) >= 11 is 7.10. The molecular weight excluding hydrogens is 226 g/mol. The molecule has 2 aromatic rings. The van der Waals surface area contributed by atoms with Crippen molar-refractivity contribution in [3.05, 3.63) is 33.7 Å². The van der Waals surface area contributed by atoms with Crippen molar-refractivity contribution >= 4 is 33.0 Å². The van der Waals surface area contributed by atoms with Crippen LogP contribution in [0.3, 0.4) is 0 Å². The van der Waals surface area contributed by atoms with Crippen LogP contribution < -0.4 is 0 Å². The molecule has 4 heteroatoms. The van der Waals surface area contributed by atoms with E-state index in [9.17, 15) is 8.78 Å². The molecule has 1 heterocycles. The van der Waals surface area contributed by atoms with Gasteiger partial charge in [0.15, 0.2) is 0 Å². The molecule has 2 rings (SSSR count). The summed E-state index contributed by atoms with van der Waals surface area (Å²) in [6.45, 7) is 1.86. The van der Waals surface area contributed by atoms with Gasteiger partial charge in [0.05, 0.1) is 9.90 Å². The molecule has 0 aliphatic carbocycles. The molecule has 0 aliphatic heterocycles. The van der Waals surface area contributed by atoms with Gasteiger partial charge in [-0.15, -0.1) is 11.3 Å². The molecule has 0 N–H and O–H groups in total. The van der Waals surface area contributed by atoms with Gasteiger partial charge in [-0.3, -0.25) is 0 Å². The monoisotopic (exact) mass is 232 g/mol. The highest BCUT2D eigenvalue weighted by atomic mass is 35.5. The highest BCUT2D eigenvalue weighted by Crippen LogP contribution is 2.37. The van der Waals surface area contributed by atoms with E-state index in [1.807, 2.05) is 19.1 Å². The lowest BCUT2D eigenvalue weighted by Gasteiger charge is -1.97. The van der Waals surface area contributed by atoms with Crippen LogP contribution in [0.25, 0.3) is 10.1 Å². The van der Waals surface area contributed by atoms with Gasteiger partial charge >= 0.3 is 0 Å². The lowest BCUT2D eigenvalue weighted by Crippen LogP contribution is -1.74. The van der Waals surface area contributed by atoms with Gasteiger partial charge in [-0.2, -0.15) is 0 Å². The number of rotatable bonds is 1. The van der Waals surface area contributed by atoms with Crippen molar-refractivity contribution in [1.29, 1.82) is 0 Å². The second-order valence-corrected chi connectivity index (χ2v) is 4.55. The van der Waals surface area contributed by atoms with E-state index in [1.54, 1.807) is 0 Å². The Morgan fingerprint density at radius 3 is 2.71 bits per heavy atom. The van der Waals surface area contributed by atoms with Crippen LogP contribution >= 0.6 is 22.9 Å². The lowest BCUT2D eigenvalue weighted by molar-refractivity contribution is 0.156. The van der Waals surface area contributed by atoms with Gasteiger partial charge in [-0.25, -0.2) is 8.78 Å². The zero-order valence-electron chi connectivity index (χ0n) is 7.35. The number of thiophene rings is 1. The number of hydrogen-bond acceptors (Lipinski definition) is 1. The average molecular weight is 233 g/mol. The summed E-state index contributed by atoms with van der Waals surface area (Å²) in [4.78, 5) is 0.0764. The first-order valence-corrected chi connectivity index (χ1v) is 5.25. The van der Waals surface area contributed by atoms with Crippen LogP contribution in [0.2, 0.25) is 5.02 Å². The normalized spacial score (nSPS) is 11.5. The molecule has 0 nitrogen and oxygen atoms in total. The molecule has 1 aromatic heterocycles. The maximum Gasteiger partial charge on any atom is 0.272 e. The molecule has 0 amide bonds. The molecule has 0 bridgehead atoms. The predicted octanol–water partition coefficient (Wildman–Crippen LogP) is 4.80. The molecule has 0 aliphatic rings. The minimum atomic E-state index is -2.41. The first-order chi connectivity index (χ1) is 6.59. The fraction of sp³-hybridized carbons (Fsp3) is 0.200. The van der Waals surface area contributed by atoms with Gasteiger partial charge in [0.1, 0.15) is 0 Å². The number of fused-ring (bicyclic) bond motifs is 1. The van der Waals surface area contributed by atoms with E-state index >= 15 is 0 Å². The number of benzene rings is 1. The van der Waals surface area contributed by atoms with Crippen molar-refractivity contribution in [1.82, 2.24) is 0 Å². The maximum absolute atomic E-state index is 12.4. The van der Waals surface area contributed by atoms with Crippen LogP contribution in [0.4, 0.5) is 8.78 Å². The summed E-state index contributed by atoms with van der Waals surface area (Å²) in [7, 11) is 0. The van der Waals surface area contributed by atoms with Crippen LogP contribution in [-0.4, -0.2) is 0 Å². The second kappa shape index (κ2) is 3.48. The Balaban J connectivity index is 2.71. The van der Waals surface area contributed by atoms with Gasteiger partial charge < -0.3 is 0 Å². The Morgan fingerprint density at radius 1 is 1.36 bits per heavy atom. The molecule has 0 saturated heterocycles. The Morgan fingerprint density at radius 2 is 2.07 bits per heavy atom. The summed E-state index contributed by atoms with van der Waals surface area (Å²) in [6, 6.07) is 5.14. The van der Waals surface area contributed by atoms with Gasteiger partial charge in [-0.05, 0) is 24.6 Å². The summed E-state index contributed by atoms with van der Waals surface area (Å²) in [5, 5.41) is 1.30. The smallest absolute Gasteiger partial charge is 0.204 e. The van der Waals surface area contributed by atoms with Crippen molar-refractivity contribution in [3.63, 3.8) is 0 Å². The number of aryl methyl sites for hydroxylation is 1. The summed E-state index contributed by atoms with van der Waals surface area (Å²) in [5.41, 5.74) is 0.915. The molecule has 74 valence electrons. The third-order valence-corrected chi connectivity index (χ3v) is 3.67. The Hall–Kier alpha value is -0.670. The third kappa shape index (κ3) is 1.51. The van der Waals surface area contributed by atoms with Gasteiger partial charge in [0, 0.05) is 10.1 Å². The van der Waals surface area contributed by atoms with E-state index in [1.165, 1.54) is 6.07 Å². The Labute approximate surface area is 89.1 Å². The van der Waals surface area contributed by atoms with Crippen molar-refractivity contribution in [3.8, 4) is 0 Å². The molecule has 0 spiro atoms. The minimum Gasteiger partial charge on any atom is -0.204 e. The quantitative estimate of drug-likeness (QED) is 0.663. The van der Waals surface area contributed by atoms with E-state index in [0.29, 0.717) is 5.02 Å². The number of hydrogen-bond donors (Lipinski definition) is 0. The number of halogens is 3. The molecule has 0 fully saturated rings. The number of alkyl halides is 2. The van der Waals surface area contributed by atoms with Crippen molar-refractivity contribution in [2.75, 3.05) is 0 Å². The maximum atomic E-state index is 12.4. The topological polar surface area (TPSA) is 0 Å². The van der Waals surface area contributed by atoms with E-state index in [0.717, 1.165) is 27.0 Å². The summed E-state index contributed by atoms with van der Waals surface area (Å²) < 4.78 is 25.6. The summed E-state index contributed by atoms with van der Waals surface area (Å²) in [5.74, 6) is 0. The fourth-order valence-electron chi connectivity index (χ4n) is 1.31. The molecule has 1 aromatic carbocycles. The molecule has 0 saturated carbocycles. The van der Waals surface area contributed by atoms with Crippen LogP contribution in [0.5, 0.6) is 0 Å². The summed E-state index contributed by atoms with van der Waals surface area (Å²) in [6.07, 6.45) is -2.41. The van der Waals surface area contributed by atoms with Crippen LogP contribution in [0.1, 0.15) is 16.9 Å².